The maximum absolute atomic E-state index is 9.79. The first-order valence-corrected chi connectivity index (χ1v) is 20.0. The molecule has 2 heterocycles. The number of benzene rings is 6. The van der Waals surface area contributed by atoms with Crippen molar-refractivity contribution in [3.63, 3.8) is 0 Å². The Hall–Kier alpha value is -6.38. The molecule has 0 saturated heterocycles. The number of nitrogens with zero attached hydrogens (tertiary/aromatic N) is 5. The van der Waals surface area contributed by atoms with E-state index in [2.05, 4.69) is 134 Å². The van der Waals surface area contributed by atoms with Crippen LogP contribution in [-0.4, -0.2) is 19.5 Å². The highest BCUT2D eigenvalue weighted by atomic mass is 15.0. The molecule has 8 aromatic rings. The van der Waals surface area contributed by atoms with Crippen LogP contribution < -0.4 is 0 Å². The first kappa shape index (κ1) is 34.1. The molecule has 2 fully saturated rings. The molecular weight excluding hydrogens is 683 g/mol. The van der Waals surface area contributed by atoms with Gasteiger partial charge in [0.05, 0.1) is 22.7 Å². The van der Waals surface area contributed by atoms with Crippen LogP contribution in [0.15, 0.2) is 146 Å². The highest BCUT2D eigenvalue weighted by Gasteiger charge is 2.45. The van der Waals surface area contributed by atoms with Crippen molar-refractivity contribution in [3.05, 3.63) is 157 Å². The Morgan fingerprint density at radius 2 is 1.20 bits per heavy atom. The van der Waals surface area contributed by atoms with E-state index >= 15 is 0 Å². The maximum Gasteiger partial charge on any atom is 0.164 e. The molecule has 4 atom stereocenters. The minimum Gasteiger partial charge on any atom is -0.309 e. The predicted molar refractivity (Wildman–Crippen MR) is 227 cm³/mol. The smallest absolute Gasteiger partial charge is 0.164 e. The van der Waals surface area contributed by atoms with Crippen molar-refractivity contribution in [2.45, 2.75) is 51.4 Å². The van der Waals surface area contributed by atoms with Gasteiger partial charge in [0.25, 0.3) is 0 Å². The highest BCUT2D eigenvalue weighted by molar-refractivity contribution is 6.09. The molecule has 2 aliphatic rings. The topological polar surface area (TPSA) is 67.4 Å². The molecule has 2 bridgehead atoms. The zero-order valence-corrected chi connectivity index (χ0v) is 31.9. The molecule has 2 aliphatic carbocycles. The first-order chi connectivity index (χ1) is 27.4. The highest BCUT2D eigenvalue weighted by Crippen LogP contribution is 2.54. The number of aromatic nitrogens is 4. The van der Waals surface area contributed by atoms with Gasteiger partial charge in [0.2, 0.25) is 0 Å². The molecule has 56 heavy (non-hydrogen) atoms. The van der Waals surface area contributed by atoms with Crippen LogP contribution in [0.2, 0.25) is 0 Å². The van der Waals surface area contributed by atoms with E-state index in [1.807, 2.05) is 36.4 Å². The van der Waals surface area contributed by atoms with E-state index in [0.717, 1.165) is 67.5 Å². The first-order valence-electron chi connectivity index (χ1n) is 20.0. The molecule has 0 N–H and O–H groups in total. The Balaban J connectivity index is 1.09. The Morgan fingerprint density at radius 1 is 0.554 bits per heavy atom. The Kier molecular flexibility index (Phi) is 8.37. The lowest BCUT2D eigenvalue weighted by Crippen LogP contribution is -2.42. The average Bonchev–Trinajstić information content (AvgIpc) is 3.57. The Bertz CT molecular complexity index is 2770. The summed E-state index contributed by atoms with van der Waals surface area (Å²) in [6.07, 6.45) is 6.66. The third-order valence-electron chi connectivity index (χ3n) is 12.4. The lowest BCUT2D eigenvalue weighted by molar-refractivity contribution is 0.0780. The molecule has 5 heteroatoms. The lowest BCUT2D eigenvalue weighted by Gasteiger charge is -2.50. The zero-order chi connectivity index (χ0) is 37.8. The largest absolute Gasteiger partial charge is 0.309 e. The van der Waals surface area contributed by atoms with E-state index in [4.69, 9.17) is 15.0 Å². The van der Waals surface area contributed by atoms with Gasteiger partial charge in [-0.1, -0.05) is 129 Å². The van der Waals surface area contributed by atoms with Crippen LogP contribution in [0.5, 0.6) is 0 Å². The standard InChI is InChI=1S/C51H43N5/c1-33-25-36-26-34(2)30-51(29-33,31-36)40-22-20-37(21-23-40)42-15-6-7-17-45(42)50-54-48(38-11-4-3-5-12-38)53-49(55-50)39-13-10-14-41(28-39)56-46-18-9-8-16-43(46)44-24-19-35(32-52)27-47(44)56/h3-24,27-28,33-34,36H,25-26,29-31H2,1-2H3/t33-,34+,36-,51?. The lowest BCUT2D eigenvalue weighted by atomic mass is 9.54. The molecule has 0 amide bonds. The van der Waals surface area contributed by atoms with Crippen molar-refractivity contribution in [1.29, 1.82) is 5.26 Å². The fraction of sp³-hybridized carbons (Fsp3) is 0.216. The van der Waals surface area contributed by atoms with Crippen LogP contribution in [-0.2, 0) is 5.41 Å². The fourth-order valence-electron chi connectivity index (χ4n) is 10.4. The molecule has 5 nitrogen and oxygen atoms in total. The van der Waals surface area contributed by atoms with E-state index in [0.29, 0.717) is 23.0 Å². The molecule has 2 saturated carbocycles. The molecule has 0 spiro atoms. The molecule has 0 aliphatic heterocycles. The monoisotopic (exact) mass is 725 g/mol. The van der Waals surface area contributed by atoms with Crippen LogP contribution >= 0.6 is 0 Å². The molecule has 1 unspecified atom stereocenters. The number of nitriles is 1. The number of fused-ring (bicyclic) bond motifs is 5. The van der Waals surface area contributed by atoms with Crippen molar-refractivity contribution in [2.24, 2.45) is 17.8 Å². The third kappa shape index (κ3) is 5.97. The molecule has 6 aromatic carbocycles. The van der Waals surface area contributed by atoms with Crippen LogP contribution in [0.25, 0.3) is 72.8 Å². The minimum absolute atomic E-state index is 0.289. The number of para-hydroxylation sites is 1. The number of rotatable bonds is 6. The summed E-state index contributed by atoms with van der Waals surface area (Å²) in [6.45, 7) is 4.92. The third-order valence-corrected chi connectivity index (χ3v) is 12.4. The summed E-state index contributed by atoms with van der Waals surface area (Å²) in [5.41, 5.74) is 10.5. The van der Waals surface area contributed by atoms with Crippen molar-refractivity contribution < 1.29 is 0 Å². The van der Waals surface area contributed by atoms with Crippen LogP contribution in [0.4, 0.5) is 0 Å². The van der Waals surface area contributed by atoms with Crippen LogP contribution in [0.3, 0.4) is 0 Å². The summed E-state index contributed by atoms with van der Waals surface area (Å²) in [7, 11) is 0. The Labute approximate surface area is 328 Å². The Morgan fingerprint density at radius 3 is 1.96 bits per heavy atom. The maximum atomic E-state index is 9.79. The fourth-order valence-corrected chi connectivity index (χ4v) is 10.4. The number of hydrogen-bond acceptors (Lipinski definition) is 4. The average molecular weight is 726 g/mol. The molecule has 2 aromatic heterocycles. The second-order valence-corrected chi connectivity index (χ2v) is 16.5. The zero-order valence-electron chi connectivity index (χ0n) is 31.9. The van der Waals surface area contributed by atoms with Gasteiger partial charge in [-0.15, -0.1) is 0 Å². The summed E-state index contributed by atoms with van der Waals surface area (Å²) in [4.78, 5) is 15.5. The SMILES string of the molecule is C[C@@H]1C[C@@H]2C[C@H](C)CC(c3ccc(-c4ccccc4-c4nc(-c5ccccc5)nc(-c5cccc(-n6c7ccccc7c7ccc(C#N)cc76)c5)n4)cc3)(C1)C2. The van der Waals surface area contributed by atoms with Gasteiger partial charge in [-0.3, -0.25) is 0 Å². The van der Waals surface area contributed by atoms with Gasteiger partial charge in [-0.05, 0) is 102 Å². The molecule has 0 radical (unpaired) electrons. The van der Waals surface area contributed by atoms with Crippen LogP contribution in [0.1, 0.15) is 57.1 Å². The second-order valence-electron chi connectivity index (χ2n) is 16.5. The van der Waals surface area contributed by atoms with Crippen molar-refractivity contribution in [1.82, 2.24) is 19.5 Å². The van der Waals surface area contributed by atoms with Gasteiger partial charge in [-0.25, -0.2) is 15.0 Å². The predicted octanol–water partition coefficient (Wildman–Crippen LogP) is 12.6. The van der Waals surface area contributed by atoms with Crippen LogP contribution in [0, 0.1) is 29.1 Å². The second kappa shape index (κ2) is 13.7. The van der Waals surface area contributed by atoms with Gasteiger partial charge in [0, 0.05) is 33.2 Å². The van der Waals surface area contributed by atoms with E-state index in [-0.39, 0.29) is 5.41 Å². The van der Waals surface area contributed by atoms with E-state index in [9.17, 15) is 5.26 Å². The summed E-state index contributed by atoms with van der Waals surface area (Å²) >= 11 is 0. The van der Waals surface area contributed by atoms with Crippen molar-refractivity contribution in [3.8, 4) is 57.0 Å². The van der Waals surface area contributed by atoms with Gasteiger partial charge < -0.3 is 4.57 Å². The van der Waals surface area contributed by atoms with E-state index < -0.39 is 0 Å². The van der Waals surface area contributed by atoms with Gasteiger partial charge in [0.1, 0.15) is 0 Å². The normalized spacial score (nSPS) is 20.6. The quantitative estimate of drug-likeness (QED) is 0.171. The van der Waals surface area contributed by atoms with Gasteiger partial charge >= 0.3 is 0 Å². The van der Waals surface area contributed by atoms with Crippen molar-refractivity contribution >= 4 is 21.8 Å². The summed E-state index contributed by atoms with van der Waals surface area (Å²) in [5, 5.41) is 12.0. The molecule has 10 rings (SSSR count). The van der Waals surface area contributed by atoms with E-state index in [1.54, 1.807) is 0 Å². The van der Waals surface area contributed by atoms with Crippen molar-refractivity contribution in [2.75, 3.05) is 0 Å². The number of hydrogen-bond donors (Lipinski definition) is 0. The van der Waals surface area contributed by atoms with Gasteiger partial charge in [-0.2, -0.15) is 5.26 Å². The van der Waals surface area contributed by atoms with E-state index in [1.165, 1.54) is 43.2 Å². The minimum atomic E-state index is 0.289. The molecule has 272 valence electrons. The summed E-state index contributed by atoms with van der Waals surface area (Å²) in [5.74, 6) is 4.26. The summed E-state index contributed by atoms with van der Waals surface area (Å²) in [6, 6.07) is 53.1. The summed E-state index contributed by atoms with van der Waals surface area (Å²) < 4.78 is 2.23. The van der Waals surface area contributed by atoms with Gasteiger partial charge in [0.15, 0.2) is 17.5 Å². The molecular formula is C51H43N5.